The average Bonchev–Trinajstić information content (AvgIpc) is 3.17. The summed E-state index contributed by atoms with van der Waals surface area (Å²) >= 11 is 0. The van der Waals surface area contributed by atoms with Gasteiger partial charge in [0.1, 0.15) is 5.82 Å². The number of rotatable bonds is 4. The summed E-state index contributed by atoms with van der Waals surface area (Å²) in [5, 5.41) is 11.9. The molecule has 26 heavy (non-hydrogen) atoms. The lowest BCUT2D eigenvalue weighted by Crippen LogP contribution is -2.44. The quantitative estimate of drug-likeness (QED) is 0.724. The Labute approximate surface area is 151 Å². The minimum absolute atomic E-state index is 0.202. The van der Waals surface area contributed by atoms with Crippen molar-refractivity contribution in [3.63, 3.8) is 0 Å². The van der Waals surface area contributed by atoms with Crippen molar-refractivity contribution in [1.82, 2.24) is 25.1 Å². The van der Waals surface area contributed by atoms with Crippen LogP contribution in [0.15, 0.2) is 60.8 Å². The SMILES string of the molecule is Fc1ccc(N2CCN(C=Cc3nnnn3-c3ccccc3)CC2)cc1. The second kappa shape index (κ2) is 7.35. The smallest absolute Gasteiger partial charge is 0.181 e. The molecule has 1 aliphatic rings. The van der Waals surface area contributed by atoms with E-state index >= 15 is 0 Å². The molecule has 0 amide bonds. The summed E-state index contributed by atoms with van der Waals surface area (Å²) in [5.41, 5.74) is 1.99. The van der Waals surface area contributed by atoms with Crippen LogP contribution in [0.5, 0.6) is 0 Å². The summed E-state index contributed by atoms with van der Waals surface area (Å²) in [4.78, 5) is 4.50. The van der Waals surface area contributed by atoms with Crippen molar-refractivity contribution in [2.24, 2.45) is 0 Å². The summed E-state index contributed by atoms with van der Waals surface area (Å²) < 4.78 is 14.8. The first-order chi connectivity index (χ1) is 12.8. The van der Waals surface area contributed by atoms with Gasteiger partial charge in [0.15, 0.2) is 5.82 Å². The molecule has 4 rings (SSSR count). The van der Waals surface area contributed by atoms with Crippen molar-refractivity contribution >= 4 is 11.8 Å². The molecule has 0 aliphatic carbocycles. The van der Waals surface area contributed by atoms with Crippen molar-refractivity contribution in [3.8, 4) is 5.69 Å². The number of halogens is 1. The van der Waals surface area contributed by atoms with Crippen LogP contribution < -0.4 is 4.90 Å². The first kappa shape index (κ1) is 16.3. The lowest BCUT2D eigenvalue weighted by atomic mass is 10.2. The molecule has 0 spiro atoms. The zero-order valence-electron chi connectivity index (χ0n) is 14.2. The molecule has 0 atom stereocenters. The Balaban J connectivity index is 1.39. The van der Waals surface area contributed by atoms with E-state index in [0.29, 0.717) is 5.82 Å². The highest BCUT2D eigenvalue weighted by Gasteiger charge is 2.15. The van der Waals surface area contributed by atoms with E-state index in [1.54, 1.807) is 4.68 Å². The van der Waals surface area contributed by atoms with Crippen LogP contribution in [-0.2, 0) is 0 Å². The van der Waals surface area contributed by atoms with Crippen LogP contribution in [0.4, 0.5) is 10.1 Å². The largest absolute Gasteiger partial charge is 0.374 e. The molecule has 2 heterocycles. The van der Waals surface area contributed by atoms with Crippen molar-refractivity contribution in [3.05, 3.63) is 72.4 Å². The third kappa shape index (κ3) is 3.56. The highest BCUT2D eigenvalue weighted by molar-refractivity contribution is 5.47. The Hall–Kier alpha value is -3.22. The number of aromatic nitrogens is 4. The topological polar surface area (TPSA) is 50.1 Å². The van der Waals surface area contributed by atoms with Crippen molar-refractivity contribution < 1.29 is 4.39 Å². The van der Waals surface area contributed by atoms with Gasteiger partial charge >= 0.3 is 0 Å². The Kier molecular flexibility index (Phi) is 4.59. The minimum atomic E-state index is -0.202. The Morgan fingerprint density at radius 2 is 1.58 bits per heavy atom. The summed E-state index contributed by atoms with van der Waals surface area (Å²) in [6.45, 7) is 3.56. The lowest BCUT2D eigenvalue weighted by Gasteiger charge is -2.35. The predicted octanol–water partition coefficient (Wildman–Crippen LogP) is 2.59. The Morgan fingerprint density at radius 3 is 2.31 bits per heavy atom. The van der Waals surface area contributed by atoms with Gasteiger partial charge in [0.2, 0.25) is 0 Å². The van der Waals surface area contributed by atoms with Gasteiger partial charge < -0.3 is 9.80 Å². The van der Waals surface area contributed by atoms with Crippen LogP contribution >= 0.6 is 0 Å². The lowest BCUT2D eigenvalue weighted by molar-refractivity contribution is 0.351. The molecule has 0 radical (unpaired) electrons. The van der Waals surface area contributed by atoms with Crippen LogP contribution in [0.25, 0.3) is 11.8 Å². The normalized spacial score (nSPS) is 15.0. The van der Waals surface area contributed by atoms with Crippen molar-refractivity contribution in [2.45, 2.75) is 0 Å². The average molecular weight is 350 g/mol. The maximum atomic E-state index is 13.1. The van der Waals surface area contributed by atoms with Crippen molar-refractivity contribution in [2.75, 3.05) is 31.1 Å². The molecule has 0 bridgehead atoms. The van der Waals surface area contributed by atoms with E-state index in [1.165, 1.54) is 12.1 Å². The highest BCUT2D eigenvalue weighted by atomic mass is 19.1. The molecule has 1 aliphatic heterocycles. The Morgan fingerprint density at radius 1 is 0.846 bits per heavy atom. The molecule has 0 unspecified atom stereocenters. The molecule has 0 saturated carbocycles. The van der Waals surface area contributed by atoms with Gasteiger partial charge in [-0.3, -0.25) is 0 Å². The monoisotopic (exact) mass is 350 g/mol. The van der Waals surface area contributed by atoms with E-state index in [0.717, 1.165) is 37.6 Å². The molecule has 1 saturated heterocycles. The molecule has 0 N–H and O–H groups in total. The molecule has 2 aromatic carbocycles. The van der Waals surface area contributed by atoms with E-state index in [2.05, 4.69) is 25.3 Å². The predicted molar refractivity (Wildman–Crippen MR) is 98.4 cm³/mol. The van der Waals surface area contributed by atoms with Crippen LogP contribution in [0.1, 0.15) is 5.82 Å². The summed E-state index contributed by atoms with van der Waals surface area (Å²) in [6.07, 6.45) is 3.97. The molecule has 6 nitrogen and oxygen atoms in total. The number of nitrogens with zero attached hydrogens (tertiary/aromatic N) is 6. The number of tetrazole rings is 1. The first-order valence-electron chi connectivity index (χ1n) is 8.56. The maximum absolute atomic E-state index is 13.1. The summed E-state index contributed by atoms with van der Waals surface area (Å²) in [5.74, 6) is 0.489. The number of para-hydroxylation sites is 1. The third-order valence-corrected chi connectivity index (χ3v) is 4.43. The van der Waals surface area contributed by atoms with E-state index in [4.69, 9.17) is 0 Å². The molecular formula is C19H19FN6. The van der Waals surface area contributed by atoms with Crippen LogP contribution in [-0.4, -0.2) is 51.3 Å². The fourth-order valence-electron chi connectivity index (χ4n) is 3.00. The second-order valence-corrected chi connectivity index (χ2v) is 6.10. The molecule has 1 aromatic heterocycles. The number of hydrogen-bond donors (Lipinski definition) is 0. The molecular weight excluding hydrogens is 331 g/mol. The van der Waals surface area contributed by atoms with E-state index in [1.807, 2.05) is 54.7 Å². The van der Waals surface area contributed by atoms with Crippen LogP contribution in [0.3, 0.4) is 0 Å². The van der Waals surface area contributed by atoms with Crippen molar-refractivity contribution in [1.29, 1.82) is 0 Å². The number of anilines is 1. The molecule has 3 aromatic rings. The number of piperazine rings is 1. The zero-order chi connectivity index (χ0) is 17.8. The Bertz CT molecular complexity index is 867. The fraction of sp³-hybridized carbons (Fsp3) is 0.211. The van der Waals surface area contributed by atoms with Gasteiger partial charge in [-0.2, -0.15) is 4.68 Å². The highest BCUT2D eigenvalue weighted by Crippen LogP contribution is 2.17. The van der Waals surface area contributed by atoms with Gasteiger partial charge in [0.05, 0.1) is 5.69 Å². The van der Waals surface area contributed by atoms with Gasteiger partial charge in [0, 0.05) is 44.1 Å². The van der Waals surface area contributed by atoms with E-state index in [9.17, 15) is 4.39 Å². The minimum Gasteiger partial charge on any atom is -0.374 e. The van der Waals surface area contributed by atoms with Gasteiger partial charge in [-0.15, -0.1) is 5.10 Å². The van der Waals surface area contributed by atoms with Gasteiger partial charge in [-0.1, -0.05) is 18.2 Å². The number of benzene rings is 2. The third-order valence-electron chi connectivity index (χ3n) is 4.43. The molecule has 132 valence electrons. The maximum Gasteiger partial charge on any atom is 0.181 e. The van der Waals surface area contributed by atoms with E-state index in [-0.39, 0.29) is 5.82 Å². The van der Waals surface area contributed by atoms with Gasteiger partial charge in [0.25, 0.3) is 0 Å². The van der Waals surface area contributed by atoms with E-state index < -0.39 is 0 Å². The summed E-state index contributed by atoms with van der Waals surface area (Å²) in [7, 11) is 0. The van der Waals surface area contributed by atoms with Crippen LogP contribution in [0.2, 0.25) is 0 Å². The summed E-state index contributed by atoms with van der Waals surface area (Å²) in [6, 6.07) is 16.5. The molecule has 7 heteroatoms. The first-order valence-corrected chi connectivity index (χ1v) is 8.56. The van der Waals surface area contributed by atoms with Crippen LogP contribution in [0, 0.1) is 5.82 Å². The zero-order valence-corrected chi connectivity index (χ0v) is 14.2. The fourth-order valence-corrected chi connectivity index (χ4v) is 3.00. The van der Waals surface area contributed by atoms with Gasteiger partial charge in [-0.05, 0) is 46.8 Å². The molecule has 1 fully saturated rings. The second-order valence-electron chi connectivity index (χ2n) is 6.10. The van der Waals surface area contributed by atoms with Gasteiger partial charge in [-0.25, -0.2) is 4.39 Å². The number of hydrogen-bond acceptors (Lipinski definition) is 5. The standard InChI is InChI=1S/C19H19FN6/c20-16-6-8-17(9-7-16)25-14-12-24(13-15-25)11-10-19-21-22-23-26(19)18-4-2-1-3-5-18/h1-11H,12-15H2.